The van der Waals surface area contributed by atoms with Crippen LogP contribution < -0.4 is 5.32 Å². The molecule has 2 aromatic heterocycles. The van der Waals surface area contributed by atoms with Crippen LogP contribution in [-0.2, 0) is 6.54 Å². The Morgan fingerprint density at radius 3 is 2.58 bits per heavy atom. The van der Waals surface area contributed by atoms with Gasteiger partial charge in [0.2, 0.25) is 5.95 Å². The van der Waals surface area contributed by atoms with Crippen LogP contribution in [0.2, 0.25) is 0 Å². The molecule has 0 bridgehead atoms. The Morgan fingerprint density at radius 2 is 1.86 bits per heavy atom. The van der Waals surface area contributed by atoms with Gasteiger partial charge in [0, 0.05) is 74.2 Å². The molecule has 2 aliphatic rings. The van der Waals surface area contributed by atoms with Crippen molar-refractivity contribution in [2.24, 2.45) is 0 Å². The fraction of sp³-hybridized carbons (Fsp3) is 0.571. The summed E-state index contributed by atoms with van der Waals surface area (Å²) in [6.45, 7) is 7.87. The molecule has 1 saturated carbocycles. The van der Waals surface area contributed by atoms with Gasteiger partial charge in [0.05, 0.1) is 6.10 Å². The highest BCUT2D eigenvalue weighted by Gasteiger charge is 2.25. The summed E-state index contributed by atoms with van der Waals surface area (Å²) in [5.74, 6) is 0.408. The fourth-order valence-electron chi connectivity index (χ4n) is 5.46. The van der Waals surface area contributed by atoms with E-state index < -0.39 is 0 Å². The molecule has 1 aromatic carbocycles. The van der Waals surface area contributed by atoms with E-state index in [2.05, 4.69) is 50.9 Å². The van der Waals surface area contributed by atoms with Crippen molar-refractivity contribution in [3.05, 3.63) is 42.0 Å². The van der Waals surface area contributed by atoms with Crippen molar-refractivity contribution >= 4 is 17.0 Å². The smallest absolute Gasteiger partial charge is 0.224 e. The minimum Gasteiger partial charge on any atom is -0.393 e. The molecule has 0 atom stereocenters. The molecule has 0 spiro atoms. The van der Waals surface area contributed by atoms with E-state index in [1.54, 1.807) is 6.07 Å². The number of nitrogens with one attached hydrogen (secondary N) is 1. The van der Waals surface area contributed by atoms with Crippen LogP contribution in [0.25, 0.3) is 22.2 Å². The molecule has 1 aliphatic carbocycles. The number of fused-ring (bicyclic) bond motifs is 1. The van der Waals surface area contributed by atoms with Gasteiger partial charge < -0.3 is 19.9 Å². The topological polar surface area (TPSA) is 69.5 Å². The molecule has 0 radical (unpaired) electrons. The van der Waals surface area contributed by atoms with Gasteiger partial charge in [-0.3, -0.25) is 4.90 Å². The number of likely N-dealkylation sites (N-methyl/N-ethyl adjacent to an activating group) is 1. The first kappa shape index (κ1) is 25.1. The lowest BCUT2D eigenvalue weighted by Gasteiger charge is -2.32. The number of benzene rings is 1. The number of aliphatic hydroxyl groups is 1. The zero-order valence-corrected chi connectivity index (χ0v) is 21.6. The third-order valence-electron chi connectivity index (χ3n) is 7.77. The predicted molar refractivity (Wildman–Crippen MR) is 143 cm³/mol. The molecule has 5 rings (SSSR count). The number of piperazine rings is 1. The number of hydrogen-bond donors (Lipinski definition) is 2. The first-order chi connectivity index (χ1) is 17.5. The number of unbranched alkanes of at least 4 members (excludes halogenated alkanes) is 1. The van der Waals surface area contributed by atoms with Crippen LogP contribution in [0, 0.1) is 5.82 Å². The summed E-state index contributed by atoms with van der Waals surface area (Å²) in [4.78, 5) is 14.1. The third-order valence-corrected chi connectivity index (χ3v) is 7.77. The highest BCUT2D eigenvalue weighted by molar-refractivity contribution is 5.94. The number of halogens is 1. The summed E-state index contributed by atoms with van der Waals surface area (Å²) in [6.07, 6.45) is 9.15. The third kappa shape index (κ3) is 5.56. The van der Waals surface area contributed by atoms with Crippen molar-refractivity contribution in [1.82, 2.24) is 24.3 Å². The van der Waals surface area contributed by atoms with Crippen molar-refractivity contribution < 1.29 is 9.50 Å². The Hall–Kier alpha value is -2.55. The number of anilines is 1. The Bertz CT molecular complexity index is 1160. The summed E-state index contributed by atoms with van der Waals surface area (Å²) in [6, 6.07) is 5.90. The van der Waals surface area contributed by atoms with Crippen molar-refractivity contribution in [1.29, 1.82) is 0 Å². The minimum absolute atomic E-state index is 0.204. The number of aromatic nitrogens is 3. The minimum atomic E-state index is -0.228. The molecule has 0 unspecified atom stereocenters. The molecule has 194 valence electrons. The van der Waals surface area contributed by atoms with E-state index in [1.807, 2.05) is 12.3 Å². The van der Waals surface area contributed by atoms with Gasteiger partial charge in [0.1, 0.15) is 11.5 Å². The second-order valence-electron chi connectivity index (χ2n) is 10.5. The number of rotatable bonds is 8. The SMILES string of the molecule is CCCCNc1ncc2c(-c3ccc(CN4CCN(C)CC4)cc3F)cn(C3CCC(O)CC3)c2n1. The molecule has 3 aromatic rings. The Balaban J connectivity index is 1.45. The fourth-order valence-corrected chi connectivity index (χ4v) is 5.46. The van der Waals surface area contributed by atoms with Gasteiger partial charge >= 0.3 is 0 Å². The van der Waals surface area contributed by atoms with E-state index in [0.717, 1.165) is 100.0 Å². The Morgan fingerprint density at radius 1 is 1.08 bits per heavy atom. The quantitative estimate of drug-likeness (QED) is 0.444. The lowest BCUT2D eigenvalue weighted by Crippen LogP contribution is -2.43. The summed E-state index contributed by atoms with van der Waals surface area (Å²) in [5, 5.41) is 14.2. The van der Waals surface area contributed by atoms with Gasteiger partial charge in [-0.25, -0.2) is 9.37 Å². The second kappa shape index (κ2) is 11.2. The average molecular weight is 495 g/mol. The Kier molecular flexibility index (Phi) is 7.84. The van der Waals surface area contributed by atoms with Gasteiger partial charge in [0.15, 0.2) is 0 Å². The first-order valence-corrected chi connectivity index (χ1v) is 13.5. The molecular formula is C28H39FN6O. The van der Waals surface area contributed by atoms with Gasteiger partial charge in [-0.2, -0.15) is 4.98 Å². The summed E-state index contributed by atoms with van der Waals surface area (Å²) in [7, 11) is 2.14. The zero-order valence-electron chi connectivity index (χ0n) is 21.6. The predicted octanol–water partition coefficient (Wildman–Crippen LogP) is 4.67. The largest absolute Gasteiger partial charge is 0.393 e. The van der Waals surface area contributed by atoms with Gasteiger partial charge in [-0.15, -0.1) is 0 Å². The van der Waals surface area contributed by atoms with Gasteiger partial charge in [-0.1, -0.05) is 25.5 Å². The van der Waals surface area contributed by atoms with Crippen LogP contribution in [0.15, 0.2) is 30.6 Å². The molecular weight excluding hydrogens is 455 g/mol. The molecule has 36 heavy (non-hydrogen) atoms. The maximum absolute atomic E-state index is 15.5. The van der Waals surface area contributed by atoms with Gasteiger partial charge in [0.25, 0.3) is 0 Å². The van der Waals surface area contributed by atoms with Crippen LogP contribution in [-0.4, -0.2) is 75.3 Å². The van der Waals surface area contributed by atoms with Crippen LogP contribution in [0.5, 0.6) is 0 Å². The Labute approximate surface area is 213 Å². The summed E-state index contributed by atoms with van der Waals surface area (Å²) < 4.78 is 17.7. The maximum Gasteiger partial charge on any atom is 0.224 e. The van der Waals surface area contributed by atoms with E-state index in [-0.39, 0.29) is 18.0 Å². The van der Waals surface area contributed by atoms with Crippen LogP contribution in [0.1, 0.15) is 57.1 Å². The molecule has 2 N–H and O–H groups in total. The second-order valence-corrected chi connectivity index (χ2v) is 10.5. The monoisotopic (exact) mass is 494 g/mol. The zero-order chi connectivity index (χ0) is 25.1. The highest BCUT2D eigenvalue weighted by Crippen LogP contribution is 2.37. The van der Waals surface area contributed by atoms with Crippen molar-refractivity contribution in [2.75, 3.05) is 45.1 Å². The molecule has 8 heteroatoms. The number of nitrogens with zero attached hydrogens (tertiary/aromatic N) is 5. The first-order valence-electron chi connectivity index (χ1n) is 13.5. The maximum atomic E-state index is 15.5. The summed E-state index contributed by atoms with van der Waals surface area (Å²) in [5.41, 5.74) is 3.26. The molecule has 3 heterocycles. The van der Waals surface area contributed by atoms with E-state index in [4.69, 9.17) is 4.98 Å². The van der Waals surface area contributed by atoms with Crippen molar-refractivity contribution in [3.63, 3.8) is 0 Å². The number of hydrogen-bond acceptors (Lipinski definition) is 6. The van der Waals surface area contributed by atoms with E-state index >= 15 is 4.39 Å². The van der Waals surface area contributed by atoms with Crippen LogP contribution in [0.3, 0.4) is 0 Å². The van der Waals surface area contributed by atoms with Crippen LogP contribution >= 0.6 is 0 Å². The number of aliphatic hydroxyl groups excluding tert-OH is 1. The lowest BCUT2D eigenvalue weighted by atomic mass is 9.93. The van der Waals surface area contributed by atoms with Crippen LogP contribution in [0.4, 0.5) is 10.3 Å². The average Bonchev–Trinajstić information content (AvgIpc) is 3.25. The lowest BCUT2D eigenvalue weighted by molar-refractivity contribution is 0.111. The highest BCUT2D eigenvalue weighted by atomic mass is 19.1. The molecule has 1 saturated heterocycles. The van der Waals surface area contributed by atoms with Gasteiger partial charge in [-0.05, 0) is 50.8 Å². The van der Waals surface area contributed by atoms with Crippen molar-refractivity contribution in [2.45, 2.75) is 64.1 Å². The van der Waals surface area contributed by atoms with E-state index in [0.29, 0.717) is 11.5 Å². The molecule has 0 amide bonds. The standard InChI is InChI=1S/C28H39FN6O/c1-3-4-11-30-28-31-17-24-25(19-35(27(24)32-28)21-6-8-22(36)9-7-21)23-10-5-20(16-26(23)29)18-34-14-12-33(2)13-15-34/h5,10,16-17,19,21-22,36H,3-4,6-9,11-15,18H2,1-2H3,(H,30,31,32). The molecule has 1 aliphatic heterocycles. The van der Waals surface area contributed by atoms with Crippen molar-refractivity contribution in [3.8, 4) is 11.1 Å². The molecule has 2 fully saturated rings. The molecule has 7 nitrogen and oxygen atoms in total. The van der Waals surface area contributed by atoms with E-state index in [1.165, 1.54) is 0 Å². The summed E-state index contributed by atoms with van der Waals surface area (Å²) >= 11 is 0. The van der Waals surface area contributed by atoms with E-state index in [9.17, 15) is 5.11 Å². The normalized spacial score (nSPS) is 21.8.